The summed E-state index contributed by atoms with van der Waals surface area (Å²) >= 11 is 6.26. The molecule has 0 spiro atoms. The largest absolute Gasteiger partial charge is 0.354 e. The molecule has 1 fully saturated rings. The Kier molecular flexibility index (Phi) is 6.11. The lowest BCUT2D eigenvalue weighted by Gasteiger charge is -2.29. The molecule has 0 amide bonds. The molecule has 1 aromatic rings. The molecule has 3 nitrogen and oxygen atoms in total. The van der Waals surface area contributed by atoms with Crippen molar-refractivity contribution in [2.45, 2.75) is 58.5 Å². The molecule has 0 aliphatic heterocycles. The standard InChI is InChI=1S/C16H26ClN3/c1-3-11-18-12-15-14(17)9-10-16(19-15)20(4-2)13-7-5-6-8-13/h9-10,13,18H,3-8,11-12H2,1-2H3. The van der Waals surface area contributed by atoms with E-state index in [1.165, 1.54) is 25.7 Å². The van der Waals surface area contributed by atoms with Crippen LogP contribution in [0.2, 0.25) is 5.02 Å². The number of hydrogen-bond acceptors (Lipinski definition) is 3. The number of hydrogen-bond donors (Lipinski definition) is 1. The van der Waals surface area contributed by atoms with E-state index in [1.807, 2.05) is 6.07 Å². The number of anilines is 1. The van der Waals surface area contributed by atoms with Crippen molar-refractivity contribution in [3.63, 3.8) is 0 Å². The fourth-order valence-corrected chi connectivity index (χ4v) is 3.14. The second-order valence-corrected chi connectivity index (χ2v) is 5.91. The highest BCUT2D eigenvalue weighted by molar-refractivity contribution is 6.31. The molecule has 0 radical (unpaired) electrons. The molecule has 0 atom stereocenters. The van der Waals surface area contributed by atoms with Gasteiger partial charge in [0.25, 0.3) is 0 Å². The molecule has 1 saturated carbocycles. The van der Waals surface area contributed by atoms with E-state index < -0.39 is 0 Å². The summed E-state index contributed by atoms with van der Waals surface area (Å²) in [5.74, 6) is 1.08. The monoisotopic (exact) mass is 295 g/mol. The molecule has 0 bridgehead atoms. The number of aromatic nitrogens is 1. The van der Waals surface area contributed by atoms with Crippen molar-refractivity contribution in [3.8, 4) is 0 Å². The van der Waals surface area contributed by atoms with Crippen LogP contribution in [0.4, 0.5) is 5.82 Å². The molecular weight excluding hydrogens is 270 g/mol. The third kappa shape index (κ3) is 3.86. The van der Waals surface area contributed by atoms with Crippen molar-refractivity contribution in [2.75, 3.05) is 18.0 Å². The second-order valence-electron chi connectivity index (χ2n) is 5.50. The maximum atomic E-state index is 6.26. The zero-order chi connectivity index (χ0) is 14.4. The van der Waals surface area contributed by atoms with Crippen LogP contribution in [-0.2, 0) is 6.54 Å². The Morgan fingerprint density at radius 3 is 2.70 bits per heavy atom. The first-order valence-electron chi connectivity index (χ1n) is 7.89. The molecule has 1 aromatic heterocycles. The Balaban J connectivity index is 2.11. The second kappa shape index (κ2) is 7.84. The molecule has 2 rings (SSSR count). The summed E-state index contributed by atoms with van der Waals surface area (Å²) in [6.07, 6.45) is 6.41. The minimum Gasteiger partial charge on any atom is -0.354 e. The van der Waals surface area contributed by atoms with Gasteiger partial charge in [0.2, 0.25) is 0 Å². The quantitative estimate of drug-likeness (QED) is 0.771. The van der Waals surface area contributed by atoms with Crippen LogP contribution in [0.25, 0.3) is 0 Å². The summed E-state index contributed by atoms with van der Waals surface area (Å²) < 4.78 is 0. The van der Waals surface area contributed by atoms with Crippen LogP contribution in [-0.4, -0.2) is 24.1 Å². The minimum absolute atomic E-state index is 0.658. The van der Waals surface area contributed by atoms with Gasteiger partial charge in [-0.2, -0.15) is 0 Å². The SMILES string of the molecule is CCCNCc1nc(N(CC)C2CCCC2)ccc1Cl. The Labute approximate surface area is 127 Å². The number of rotatable bonds is 7. The van der Waals surface area contributed by atoms with Gasteiger partial charge in [-0.25, -0.2) is 4.98 Å². The lowest BCUT2D eigenvalue weighted by molar-refractivity contribution is 0.608. The summed E-state index contributed by atoms with van der Waals surface area (Å²) in [5.41, 5.74) is 0.967. The molecule has 1 N–H and O–H groups in total. The molecule has 0 unspecified atom stereocenters. The molecule has 112 valence electrons. The van der Waals surface area contributed by atoms with Crippen LogP contribution < -0.4 is 10.2 Å². The van der Waals surface area contributed by atoms with E-state index in [9.17, 15) is 0 Å². The summed E-state index contributed by atoms with van der Waals surface area (Å²) in [5, 5.41) is 4.14. The molecule has 1 aliphatic rings. The fraction of sp³-hybridized carbons (Fsp3) is 0.688. The zero-order valence-corrected chi connectivity index (χ0v) is 13.4. The molecule has 20 heavy (non-hydrogen) atoms. The van der Waals surface area contributed by atoms with Crippen LogP contribution in [0.15, 0.2) is 12.1 Å². The lowest BCUT2D eigenvalue weighted by atomic mass is 10.2. The van der Waals surface area contributed by atoms with E-state index in [1.54, 1.807) is 0 Å². The topological polar surface area (TPSA) is 28.2 Å². The predicted octanol–water partition coefficient (Wildman–Crippen LogP) is 4.00. The van der Waals surface area contributed by atoms with Gasteiger partial charge in [0, 0.05) is 19.1 Å². The number of nitrogens with one attached hydrogen (secondary N) is 1. The number of pyridine rings is 1. The summed E-state index contributed by atoms with van der Waals surface area (Å²) in [6.45, 7) is 7.15. The smallest absolute Gasteiger partial charge is 0.129 e. The van der Waals surface area contributed by atoms with E-state index in [0.29, 0.717) is 6.04 Å². The maximum Gasteiger partial charge on any atom is 0.129 e. The van der Waals surface area contributed by atoms with Gasteiger partial charge in [-0.05, 0) is 44.9 Å². The van der Waals surface area contributed by atoms with Gasteiger partial charge < -0.3 is 10.2 Å². The Bertz CT molecular complexity index is 416. The van der Waals surface area contributed by atoms with E-state index in [2.05, 4.69) is 30.1 Å². The van der Waals surface area contributed by atoms with Crippen molar-refractivity contribution >= 4 is 17.4 Å². The Morgan fingerprint density at radius 2 is 2.05 bits per heavy atom. The van der Waals surface area contributed by atoms with Gasteiger partial charge in [0.15, 0.2) is 0 Å². The van der Waals surface area contributed by atoms with Gasteiger partial charge >= 0.3 is 0 Å². The number of halogens is 1. The summed E-state index contributed by atoms with van der Waals surface area (Å²) in [7, 11) is 0. The van der Waals surface area contributed by atoms with Crippen LogP contribution in [0.5, 0.6) is 0 Å². The summed E-state index contributed by atoms with van der Waals surface area (Å²) in [6, 6.07) is 4.71. The fourth-order valence-electron chi connectivity index (χ4n) is 2.96. The Hall–Kier alpha value is -0.800. The maximum absolute atomic E-state index is 6.26. The van der Waals surface area contributed by atoms with E-state index in [4.69, 9.17) is 16.6 Å². The van der Waals surface area contributed by atoms with E-state index in [0.717, 1.165) is 42.6 Å². The third-order valence-electron chi connectivity index (χ3n) is 4.02. The summed E-state index contributed by atoms with van der Waals surface area (Å²) in [4.78, 5) is 7.23. The third-order valence-corrected chi connectivity index (χ3v) is 4.37. The van der Waals surface area contributed by atoms with Crippen molar-refractivity contribution < 1.29 is 0 Å². The molecule has 1 heterocycles. The zero-order valence-electron chi connectivity index (χ0n) is 12.7. The predicted molar refractivity (Wildman–Crippen MR) is 86.5 cm³/mol. The first kappa shape index (κ1) is 15.6. The normalized spacial score (nSPS) is 15.8. The van der Waals surface area contributed by atoms with Crippen molar-refractivity contribution in [1.82, 2.24) is 10.3 Å². The highest BCUT2D eigenvalue weighted by Gasteiger charge is 2.22. The average Bonchev–Trinajstić information content (AvgIpc) is 2.97. The molecule has 4 heteroatoms. The number of nitrogens with zero attached hydrogens (tertiary/aromatic N) is 2. The van der Waals surface area contributed by atoms with Gasteiger partial charge in [-0.1, -0.05) is 31.4 Å². The van der Waals surface area contributed by atoms with Crippen molar-refractivity contribution in [3.05, 3.63) is 22.8 Å². The molecule has 0 saturated heterocycles. The molecule has 0 aromatic carbocycles. The van der Waals surface area contributed by atoms with Gasteiger partial charge in [0.1, 0.15) is 5.82 Å². The van der Waals surface area contributed by atoms with Crippen LogP contribution in [0.3, 0.4) is 0 Å². The van der Waals surface area contributed by atoms with Crippen molar-refractivity contribution in [1.29, 1.82) is 0 Å². The first-order chi connectivity index (χ1) is 9.76. The average molecular weight is 296 g/mol. The van der Waals surface area contributed by atoms with Gasteiger partial charge in [-0.15, -0.1) is 0 Å². The first-order valence-corrected chi connectivity index (χ1v) is 8.26. The van der Waals surface area contributed by atoms with Crippen LogP contribution in [0.1, 0.15) is 51.6 Å². The minimum atomic E-state index is 0.658. The van der Waals surface area contributed by atoms with E-state index in [-0.39, 0.29) is 0 Å². The van der Waals surface area contributed by atoms with Crippen LogP contribution >= 0.6 is 11.6 Å². The van der Waals surface area contributed by atoms with E-state index >= 15 is 0 Å². The van der Waals surface area contributed by atoms with Crippen LogP contribution in [0, 0.1) is 0 Å². The highest BCUT2D eigenvalue weighted by atomic mass is 35.5. The molecule has 1 aliphatic carbocycles. The lowest BCUT2D eigenvalue weighted by Crippen LogP contribution is -2.34. The molecular formula is C16H26ClN3. The highest BCUT2D eigenvalue weighted by Crippen LogP contribution is 2.28. The van der Waals surface area contributed by atoms with Crippen molar-refractivity contribution in [2.24, 2.45) is 0 Å². The van der Waals surface area contributed by atoms with Gasteiger partial charge in [-0.3, -0.25) is 0 Å². The van der Waals surface area contributed by atoms with Gasteiger partial charge in [0.05, 0.1) is 10.7 Å². The Morgan fingerprint density at radius 1 is 1.30 bits per heavy atom.